The van der Waals surface area contributed by atoms with Crippen LogP contribution in [-0.4, -0.2) is 190 Å². The summed E-state index contributed by atoms with van der Waals surface area (Å²) in [6.45, 7) is 17.4. The molecule has 0 spiro atoms. The third-order valence-electron chi connectivity index (χ3n) is 16.6. The van der Waals surface area contributed by atoms with Crippen LogP contribution in [0.25, 0.3) is 0 Å². The molecule has 64 heavy (non-hydrogen) atoms. The van der Waals surface area contributed by atoms with Crippen LogP contribution in [0.1, 0.15) is 94.9 Å². The van der Waals surface area contributed by atoms with Gasteiger partial charge in [-0.1, -0.05) is 0 Å². The summed E-state index contributed by atoms with van der Waals surface area (Å²) in [5.41, 5.74) is -7.38. The van der Waals surface area contributed by atoms with Crippen molar-refractivity contribution in [3.05, 3.63) is 0 Å². The van der Waals surface area contributed by atoms with E-state index in [9.17, 15) is 49.2 Å². The van der Waals surface area contributed by atoms with Crippen LogP contribution in [0.2, 0.25) is 0 Å². The van der Waals surface area contributed by atoms with Crippen molar-refractivity contribution in [3.63, 3.8) is 0 Å². The zero-order chi connectivity index (χ0) is 48.6. The van der Waals surface area contributed by atoms with Gasteiger partial charge < -0.3 is 69.3 Å². The average molecular weight is 913 g/mol. The topological polar surface area (TPSA) is 269 Å². The average Bonchev–Trinajstić information content (AvgIpc) is 4.06. The molecular formula is C44H72N4O16. The first kappa shape index (κ1) is 51.5. The number of hydrogen-bond acceptors (Lipinski definition) is 16. The summed E-state index contributed by atoms with van der Waals surface area (Å²) >= 11 is 0. The molecule has 8 saturated heterocycles. The third-order valence-corrected chi connectivity index (χ3v) is 16.6. The monoisotopic (exact) mass is 912 g/mol. The number of carbonyl (C=O) groups is 6. The molecule has 364 valence electrons. The largest absolute Gasteiger partial charge is 0.467 e. The summed E-state index contributed by atoms with van der Waals surface area (Å²) in [4.78, 5) is 74.8. The number of methoxy groups -OCH3 is 2. The number of likely N-dealkylation sites (tertiary alicyclic amines) is 2. The molecule has 20 heteroatoms. The molecule has 0 radical (unpaired) electrons. The van der Waals surface area contributed by atoms with Crippen LogP contribution in [0, 0.1) is 23.7 Å². The summed E-state index contributed by atoms with van der Waals surface area (Å²) in [7, 11) is 5.72. The van der Waals surface area contributed by atoms with Crippen LogP contribution < -0.4 is 10.6 Å². The minimum absolute atomic E-state index is 0.00778. The van der Waals surface area contributed by atoms with Crippen molar-refractivity contribution < 1.29 is 77.6 Å². The summed E-state index contributed by atoms with van der Waals surface area (Å²) in [5, 5.41) is 43.5. The van der Waals surface area contributed by atoms with E-state index in [1.54, 1.807) is 25.8 Å². The second kappa shape index (κ2) is 17.3. The van der Waals surface area contributed by atoms with Gasteiger partial charge in [-0.15, -0.1) is 0 Å². The van der Waals surface area contributed by atoms with Gasteiger partial charge in [0.1, 0.15) is 22.4 Å². The van der Waals surface area contributed by atoms with E-state index < -0.39 is 81.5 Å². The molecule has 8 rings (SSSR count). The van der Waals surface area contributed by atoms with Crippen LogP contribution in [0.3, 0.4) is 0 Å². The maximum Gasteiger partial charge on any atom is 0.337 e. The highest BCUT2D eigenvalue weighted by atomic mass is 16.6. The molecule has 4 amide bonds. The Morgan fingerprint density at radius 1 is 0.562 bits per heavy atom. The summed E-state index contributed by atoms with van der Waals surface area (Å²) in [6, 6.07) is 0. The van der Waals surface area contributed by atoms with Crippen LogP contribution in [-0.2, 0) is 57.2 Å². The van der Waals surface area contributed by atoms with Crippen molar-refractivity contribution in [2.24, 2.45) is 23.7 Å². The number of nitrogens with one attached hydrogen (secondary N) is 2. The summed E-state index contributed by atoms with van der Waals surface area (Å²) in [6.07, 6.45) is 2.57. The molecule has 0 aromatic carbocycles. The Hall–Kier alpha value is -3.50. The maximum absolute atomic E-state index is 12.3. The second-order valence-electron chi connectivity index (χ2n) is 20.1. The molecule has 0 aromatic heterocycles. The lowest BCUT2D eigenvalue weighted by molar-refractivity contribution is -0.179. The Bertz CT molecular complexity index is 1870. The van der Waals surface area contributed by atoms with Crippen LogP contribution in [0.4, 0.5) is 0 Å². The van der Waals surface area contributed by atoms with Crippen LogP contribution in [0.15, 0.2) is 0 Å². The van der Waals surface area contributed by atoms with E-state index >= 15 is 0 Å². The summed E-state index contributed by atoms with van der Waals surface area (Å²) in [5.74, 6) is -2.71. The van der Waals surface area contributed by atoms with Gasteiger partial charge in [0, 0.05) is 14.1 Å². The van der Waals surface area contributed by atoms with E-state index in [0.717, 1.165) is 12.8 Å². The molecule has 20 nitrogen and oxygen atoms in total. The van der Waals surface area contributed by atoms with E-state index in [1.807, 2.05) is 55.4 Å². The van der Waals surface area contributed by atoms with Gasteiger partial charge in [0.15, 0.2) is 11.1 Å². The predicted molar refractivity (Wildman–Crippen MR) is 225 cm³/mol. The number of ether oxygens (including phenoxy) is 6. The highest BCUT2D eigenvalue weighted by Crippen LogP contribution is 2.54. The molecule has 0 aromatic rings. The normalized spacial score (nSPS) is 47.0. The highest BCUT2D eigenvalue weighted by Gasteiger charge is 2.74. The number of likely N-dealkylation sites (N-methyl/N-ethyl adjacent to an activating group) is 2. The first-order valence-electron chi connectivity index (χ1n) is 22.1. The van der Waals surface area contributed by atoms with Gasteiger partial charge >= 0.3 is 11.9 Å². The van der Waals surface area contributed by atoms with Crippen LogP contribution >= 0.6 is 0 Å². The Morgan fingerprint density at radius 2 is 0.969 bits per heavy atom. The van der Waals surface area contributed by atoms with Crippen molar-refractivity contribution >= 4 is 35.6 Å². The number of esters is 2. The Morgan fingerprint density at radius 3 is 1.42 bits per heavy atom. The smallest absolute Gasteiger partial charge is 0.337 e. The van der Waals surface area contributed by atoms with Gasteiger partial charge in [-0.05, 0) is 94.9 Å². The molecule has 4 unspecified atom stereocenters. The van der Waals surface area contributed by atoms with Crippen LogP contribution in [0.5, 0.6) is 0 Å². The molecule has 0 saturated carbocycles. The molecule has 0 bridgehead atoms. The molecule has 6 N–H and O–H groups in total. The van der Waals surface area contributed by atoms with Gasteiger partial charge in [-0.2, -0.15) is 0 Å². The molecular weight excluding hydrogens is 840 g/mol. The van der Waals surface area contributed by atoms with E-state index in [0.29, 0.717) is 12.8 Å². The molecule has 0 aliphatic carbocycles. The summed E-state index contributed by atoms with van der Waals surface area (Å²) < 4.78 is 32.7. The van der Waals surface area contributed by atoms with Gasteiger partial charge in [0.25, 0.3) is 0 Å². The fraction of sp³-hybridized carbons (Fsp3) is 0.864. The first-order valence-corrected chi connectivity index (χ1v) is 22.1. The lowest BCUT2D eigenvalue weighted by atomic mass is 9.77. The zero-order valence-electron chi connectivity index (χ0n) is 39.9. The molecule has 8 aliphatic rings. The maximum atomic E-state index is 12.3. The Balaban J connectivity index is 0.000000161. The standard InChI is InChI=1S/C12H19NO5.C11H17NO5.C11H19NO3.C10H17NO3/c1-7-5-8-9(15)13(3)12(6-14,10(16)17-4)11(8,2)18-7;1-6-4-7-8(14)12-11(5-13,9(15)16-3)10(7,2)17-6;1-7-5-8-9(14)12(4)10(2,6-13)11(8,3)15-7;1-6-4-7-8(13)11-9(2,5-12)10(7,3)14-6/h7-8,14H,5-6H2,1-4H3;6-7,13H,4-5H2,1-3H3,(H,12,14);7-8,13H,5-6H2,1-4H3;6-7,12H,4-5H2,1-3H3,(H,11,13)/t7?,8-,11-,12-;6?,7-,10-,11-;7?,8-,10+,11-;6?,7-,9+,10-/m0000/s1. The number of amides is 4. The lowest BCUT2D eigenvalue weighted by Crippen LogP contribution is -2.65. The van der Waals surface area contributed by atoms with Crippen molar-refractivity contribution in [2.45, 2.75) is 164 Å². The van der Waals surface area contributed by atoms with Gasteiger partial charge in [-0.25, -0.2) is 9.59 Å². The van der Waals surface area contributed by atoms with Gasteiger partial charge in [-0.3, -0.25) is 19.2 Å². The van der Waals surface area contributed by atoms with E-state index in [1.165, 1.54) is 26.2 Å². The lowest BCUT2D eigenvalue weighted by Gasteiger charge is -2.41. The fourth-order valence-corrected chi connectivity index (χ4v) is 12.1. The van der Waals surface area contributed by atoms with Crippen molar-refractivity contribution in [1.82, 2.24) is 20.4 Å². The van der Waals surface area contributed by atoms with Crippen molar-refractivity contribution in [1.29, 1.82) is 0 Å². The number of hydrogen-bond donors (Lipinski definition) is 6. The SMILES string of the molecule is CC1C[C@H]2C(=O)N(C)[C@](C)(CO)[C@@]2(C)O1.CC1C[C@H]2C(=O)N[C@](C)(CO)[C@@]2(C)O1.COC(=O)[C@]1(CO)N(C)C(=O)[C@@H]2CC(C)O[C@@]21C.COC(=O)[C@]1(CO)NC(=O)[C@@H]2CC(C)O[C@@]21C. The van der Waals surface area contributed by atoms with E-state index in [-0.39, 0.29) is 73.1 Å². The quantitative estimate of drug-likeness (QED) is 0.178. The Kier molecular flexibility index (Phi) is 13.9. The van der Waals surface area contributed by atoms with E-state index in [4.69, 9.17) is 28.4 Å². The number of nitrogens with zero attached hydrogens (tertiary/aromatic N) is 2. The Labute approximate surface area is 375 Å². The van der Waals surface area contributed by atoms with E-state index in [2.05, 4.69) is 10.6 Å². The first-order chi connectivity index (χ1) is 29.5. The number of aliphatic hydroxyl groups is 4. The minimum atomic E-state index is -1.49. The molecule has 8 aliphatic heterocycles. The highest BCUT2D eigenvalue weighted by molar-refractivity contribution is 5.97. The number of carbonyl (C=O) groups excluding carboxylic acids is 6. The predicted octanol–water partition coefficient (Wildman–Crippen LogP) is -0.806. The molecule has 8 fully saturated rings. The third kappa shape index (κ3) is 6.98. The van der Waals surface area contributed by atoms with Crippen molar-refractivity contribution in [2.75, 3.05) is 54.7 Å². The molecule has 8 heterocycles. The minimum Gasteiger partial charge on any atom is -0.467 e. The van der Waals surface area contributed by atoms with Gasteiger partial charge in [0.2, 0.25) is 23.6 Å². The number of fused-ring (bicyclic) bond motifs is 4. The number of aliphatic hydroxyl groups excluding tert-OH is 4. The van der Waals surface area contributed by atoms with Crippen molar-refractivity contribution in [3.8, 4) is 0 Å². The second-order valence-corrected chi connectivity index (χ2v) is 20.1. The molecule has 16 atom stereocenters. The number of rotatable bonds is 6. The zero-order valence-corrected chi connectivity index (χ0v) is 39.9. The fourth-order valence-electron chi connectivity index (χ4n) is 12.1. The van der Waals surface area contributed by atoms with Gasteiger partial charge in [0.05, 0.1) is 99.8 Å².